The van der Waals surface area contributed by atoms with Crippen LogP contribution in [0.4, 0.5) is 8.78 Å². The third-order valence-corrected chi connectivity index (χ3v) is 2.44. The summed E-state index contributed by atoms with van der Waals surface area (Å²) in [5.74, 6) is -1.09. The molecule has 0 aromatic heterocycles. The Morgan fingerprint density at radius 2 is 2.12 bits per heavy atom. The SMILES string of the molecule is Cl.Fc1ccc(OC2CCCNC2)c(F)c1. The summed E-state index contributed by atoms with van der Waals surface area (Å²) in [6.45, 7) is 1.70. The maximum Gasteiger partial charge on any atom is 0.167 e. The average Bonchev–Trinajstić information content (AvgIpc) is 2.24. The zero-order chi connectivity index (χ0) is 10.7. The molecule has 1 saturated heterocycles. The van der Waals surface area contributed by atoms with E-state index in [-0.39, 0.29) is 24.3 Å². The van der Waals surface area contributed by atoms with E-state index in [0.717, 1.165) is 32.0 Å². The smallest absolute Gasteiger partial charge is 0.167 e. The van der Waals surface area contributed by atoms with Gasteiger partial charge in [-0.1, -0.05) is 0 Å². The fraction of sp³-hybridized carbons (Fsp3) is 0.455. The van der Waals surface area contributed by atoms with E-state index in [9.17, 15) is 8.78 Å². The zero-order valence-corrected chi connectivity index (χ0v) is 9.53. The molecule has 1 aromatic carbocycles. The molecule has 1 atom stereocenters. The van der Waals surface area contributed by atoms with Crippen molar-refractivity contribution in [3.05, 3.63) is 29.8 Å². The highest BCUT2D eigenvalue weighted by Gasteiger charge is 2.16. The van der Waals surface area contributed by atoms with Gasteiger partial charge >= 0.3 is 0 Å². The van der Waals surface area contributed by atoms with E-state index in [0.29, 0.717) is 0 Å². The van der Waals surface area contributed by atoms with Crippen molar-refractivity contribution in [2.75, 3.05) is 13.1 Å². The second kappa shape index (κ2) is 6.01. The molecule has 2 nitrogen and oxygen atoms in total. The highest BCUT2D eigenvalue weighted by molar-refractivity contribution is 5.85. The molecule has 1 unspecified atom stereocenters. The Labute approximate surface area is 99.4 Å². The van der Waals surface area contributed by atoms with Crippen LogP contribution in [-0.4, -0.2) is 19.2 Å². The summed E-state index contributed by atoms with van der Waals surface area (Å²) in [6.07, 6.45) is 1.91. The minimum atomic E-state index is -0.638. The minimum Gasteiger partial charge on any atom is -0.486 e. The molecule has 0 spiro atoms. The highest BCUT2D eigenvalue weighted by atomic mass is 35.5. The molecule has 90 valence electrons. The van der Waals surface area contributed by atoms with Gasteiger partial charge in [0.2, 0.25) is 0 Å². The largest absolute Gasteiger partial charge is 0.486 e. The Bertz CT molecular complexity index is 343. The summed E-state index contributed by atoms with van der Waals surface area (Å²) in [4.78, 5) is 0. The Morgan fingerprint density at radius 1 is 1.31 bits per heavy atom. The minimum absolute atomic E-state index is 0. The molecule has 16 heavy (non-hydrogen) atoms. The van der Waals surface area contributed by atoms with Crippen LogP contribution >= 0.6 is 12.4 Å². The van der Waals surface area contributed by atoms with E-state index >= 15 is 0 Å². The van der Waals surface area contributed by atoms with Gasteiger partial charge in [0.1, 0.15) is 11.9 Å². The first-order valence-electron chi connectivity index (χ1n) is 5.08. The standard InChI is InChI=1S/C11H13F2NO.ClH/c12-8-3-4-11(10(13)6-8)15-9-2-1-5-14-7-9;/h3-4,6,9,14H,1-2,5,7H2;1H. The van der Waals surface area contributed by atoms with Crippen LogP contribution in [0.5, 0.6) is 5.75 Å². The van der Waals surface area contributed by atoms with E-state index in [1.807, 2.05) is 0 Å². The van der Waals surface area contributed by atoms with Gasteiger partial charge in [0.25, 0.3) is 0 Å². The van der Waals surface area contributed by atoms with E-state index in [4.69, 9.17) is 4.74 Å². The zero-order valence-electron chi connectivity index (χ0n) is 8.71. The maximum atomic E-state index is 13.2. The number of nitrogens with one attached hydrogen (secondary N) is 1. The number of hydrogen-bond acceptors (Lipinski definition) is 2. The van der Waals surface area contributed by atoms with Gasteiger partial charge in [-0.15, -0.1) is 12.4 Å². The quantitative estimate of drug-likeness (QED) is 0.870. The van der Waals surface area contributed by atoms with Gasteiger partial charge < -0.3 is 10.1 Å². The first-order valence-corrected chi connectivity index (χ1v) is 5.08. The fourth-order valence-corrected chi connectivity index (χ4v) is 1.67. The molecular weight excluding hydrogens is 236 g/mol. The molecule has 5 heteroatoms. The molecule has 1 heterocycles. The van der Waals surface area contributed by atoms with Crippen LogP contribution in [-0.2, 0) is 0 Å². The topological polar surface area (TPSA) is 21.3 Å². The molecule has 1 aromatic rings. The number of piperidine rings is 1. The van der Waals surface area contributed by atoms with Crippen molar-refractivity contribution >= 4 is 12.4 Å². The lowest BCUT2D eigenvalue weighted by Gasteiger charge is -2.24. The Hall–Kier alpha value is -0.870. The number of rotatable bonds is 2. The summed E-state index contributed by atoms with van der Waals surface area (Å²) in [7, 11) is 0. The molecule has 1 fully saturated rings. The highest BCUT2D eigenvalue weighted by Crippen LogP contribution is 2.20. The van der Waals surface area contributed by atoms with Gasteiger partial charge in [0.05, 0.1) is 0 Å². The van der Waals surface area contributed by atoms with Crippen LogP contribution in [0, 0.1) is 11.6 Å². The first-order chi connectivity index (χ1) is 7.25. The predicted octanol–water partition coefficient (Wildman–Crippen LogP) is 2.52. The van der Waals surface area contributed by atoms with Gasteiger partial charge in [-0.3, -0.25) is 0 Å². The van der Waals surface area contributed by atoms with Crippen LogP contribution in [0.1, 0.15) is 12.8 Å². The molecule has 0 radical (unpaired) electrons. The molecule has 1 aliphatic rings. The number of halogens is 3. The van der Waals surface area contributed by atoms with E-state index in [2.05, 4.69) is 5.32 Å². The van der Waals surface area contributed by atoms with Crippen molar-refractivity contribution in [2.24, 2.45) is 0 Å². The van der Waals surface area contributed by atoms with Crippen LogP contribution in [0.25, 0.3) is 0 Å². The molecule has 0 aliphatic carbocycles. The van der Waals surface area contributed by atoms with Crippen molar-refractivity contribution in [2.45, 2.75) is 18.9 Å². The third-order valence-electron chi connectivity index (χ3n) is 2.44. The molecule has 2 rings (SSSR count). The Kier molecular flexibility index (Phi) is 4.96. The summed E-state index contributed by atoms with van der Waals surface area (Å²) < 4.78 is 31.3. The predicted molar refractivity (Wildman–Crippen MR) is 60.1 cm³/mol. The van der Waals surface area contributed by atoms with E-state index < -0.39 is 11.6 Å². The molecule has 1 aliphatic heterocycles. The first kappa shape index (κ1) is 13.2. The van der Waals surface area contributed by atoms with Crippen molar-refractivity contribution in [1.82, 2.24) is 5.32 Å². The number of ether oxygens (including phenoxy) is 1. The third kappa shape index (κ3) is 3.32. The van der Waals surface area contributed by atoms with Gasteiger partial charge in [-0.05, 0) is 31.5 Å². The van der Waals surface area contributed by atoms with Crippen molar-refractivity contribution in [3.8, 4) is 5.75 Å². The second-order valence-electron chi connectivity index (χ2n) is 3.66. The lowest BCUT2D eigenvalue weighted by Crippen LogP contribution is -2.37. The Morgan fingerprint density at radius 3 is 2.75 bits per heavy atom. The van der Waals surface area contributed by atoms with E-state index in [1.165, 1.54) is 12.1 Å². The average molecular weight is 250 g/mol. The van der Waals surface area contributed by atoms with Crippen molar-refractivity contribution < 1.29 is 13.5 Å². The Balaban J connectivity index is 0.00000128. The molecule has 0 amide bonds. The summed E-state index contributed by atoms with van der Waals surface area (Å²) in [5, 5.41) is 3.16. The maximum absolute atomic E-state index is 13.2. The fourth-order valence-electron chi connectivity index (χ4n) is 1.67. The van der Waals surface area contributed by atoms with Gasteiger partial charge in [0.15, 0.2) is 11.6 Å². The molecule has 0 saturated carbocycles. The lowest BCUT2D eigenvalue weighted by molar-refractivity contribution is 0.160. The van der Waals surface area contributed by atoms with Gasteiger partial charge in [-0.25, -0.2) is 8.78 Å². The van der Waals surface area contributed by atoms with Crippen LogP contribution < -0.4 is 10.1 Å². The van der Waals surface area contributed by atoms with Crippen LogP contribution in [0.2, 0.25) is 0 Å². The van der Waals surface area contributed by atoms with Gasteiger partial charge in [-0.2, -0.15) is 0 Å². The normalized spacial score (nSPS) is 20.0. The summed E-state index contributed by atoms with van der Waals surface area (Å²) >= 11 is 0. The summed E-state index contributed by atoms with van der Waals surface area (Å²) in [5.41, 5.74) is 0. The van der Waals surface area contributed by atoms with Gasteiger partial charge in [0, 0.05) is 12.6 Å². The van der Waals surface area contributed by atoms with Crippen molar-refractivity contribution in [3.63, 3.8) is 0 Å². The number of benzene rings is 1. The molecule has 0 bridgehead atoms. The molecule has 1 N–H and O–H groups in total. The van der Waals surface area contributed by atoms with Crippen molar-refractivity contribution in [1.29, 1.82) is 0 Å². The van der Waals surface area contributed by atoms with E-state index in [1.54, 1.807) is 0 Å². The number of hydrogen-bond donors (Lipinski definition) is 1. The monoisotopic (exact) mass is 249 g/mol. The lowest BCUT2D eigenvalue weighted by atomic mass is 10.1. The molecular formula is C11H14ClF2NO. The van der Waals surface area contributed by atoms with Crippen LogP contribution in [0.3, 0.4) is 0 Å². The van der Waals surface area contributed by atoms with Crippen LogP contribution in [0.15, 0.2) is 18.2 Å². The summed E-state index contributed by atoms with van der Waals surface area (Å²) in [6, 6.07) is 3.37. The second-order valence-corrected chi connectivity index (χ2v) is 3.66.